The highest BCUT2D eigenvalue weighted by Gasteiger charge is 2.23. The number of amides is 1. The van der Waals surface area contributed by atoms with Crippen LogP contribution in [0.5, 0.6) is 0 Å². The second-order valence-corrected chi connectivity index (χ2v) is 7.89. The molecule has 0 heterocycles. The van der Waals surface area contributed by atoms with E-state index >= 15 is 0 Å². The number of likely N-dealkylation sites (N-methyl/N-ethyl adjacent to an activating group) is 1. The second kappa shape index (κ2) is 7.76. The number of nitrogens with one attached hydrogen (secondary N) is 1. The highest BCUT2D eigenvalue weighted by molar-refractivity contribution is 7.89. The molecular weight excluding hydrogens is 359 g/mol. The average molecular weight is 378 g/mol. The molecule has 0 aliphatic rings. The number of nitrogens with zero attached hydrogens (tertiary/aromatic N) is 1. The van der Waals surface area contributed by atoms with Crippen LogP contribution >= 0.6 is 0 Å². The van der Waals surface area contributed by atoms with Crippen LogP contribution in [0.1, 0.15) is 22.8 Å². The molecule has 2 aromatic rings. The van der Waals surface area contributed by atoms with Gasteiger partial charge in [0, 0.05) is 18.3 Å². The zero-order valence-electron chi connectivity index (χ0n) is 14.6. The molecule has 0 aromatic heterocycles. The summed E-state index contributed by atoms with van der Waals surface area (Å²) < 4.78 is 39.1. The molecule has 0 aliphatic carbocycles. The fourth-order valence-corrected chi connectivity index (χ4v) is 3.41. The Labute approximate surface area is 151 Å². The van der Waals surface area contributed by atoms with Gasteiger partial charge in [-0.05, 0) is 49.7 Å². The van der Waals surface area contributed by atoms with Crippen molar-refractivity contribution in [3.8, 4) is 0 Å². The number of carbonyl (C=O) groups is 2. The van der Waals surface area contributed by atoms with Crippen molar-refractivity contribution in [3.63, 3.8) is 0 Å². The minimum Gasteiger partial charge on any atom is -0.325 e. The maximum atomic E-state index is 13.1. The second-order valence-electron chi connectivity index (χ2n) is 5.85. The van der Waals surface area contributed by atoms with Crippen LogP contribution < -0.4 is 5.32 Å². The van der Waals surface area contributed by atoms with Crippen LogP contribution in [0.2, 0.25) is 0 Å². The predicted molar refractivity (Wildman–Crippen MR) is 96.0 cm³/mol. The quantitative estimate of drug-likeness (QED) is 0.783. The average Bonchev–Trinajstić information content (AvgIpc) is 2.57. The molecule has 26 heavy (non-hydrogen) atoms. The largest absolute Gasteiger partial charge is 0.325 e. The van der Waals surface area contributed by atoms with E-state index in [1.165, 1.54) is 56.4 Å². The number of ketones is 1. The van der Waals surface area contributed by atoms with Crippen molar-refractivity contribution in [3.05, 3.63) is 59.4 Å². The number of aryl methyl sites for hydroxylation is 1. The van der Waals surface area contributed by atoms with E-state index in [-0.39, 0.29) is 10.7 Å². The van der Waals surface area contributed by atoms with Crippen molar-refractivity contribution in [2.75, 3.05) is 18.9 Å². The normalized spacial score (nSPS) is 11.4. The molecular formula is C18H19FN2O4S. The van der Waals surface area contributed by atoms with Crippen LogP contribution in [0, 0.1) is 12.7 Å². The maximum Gasteiger partial charge on any atom is 0.243 e. The van der Waals surface area contributed by atoms with E-state index < -0.39 is 28.3 Å². The van der Waals surface area contributed by atoms with Crippen LogP contribution in [0.25, 0.3) is 0 Å². The molecule has 138 valence electrons. The zero-order valence-corrected chi connectivity index (χ0v) is 15.4. The summed E-state index contributed by atoms with van der Waals surface area (Å²) in [5, 5.41) is 2.56. The molecule has 0 saturated heterocycles. The van der Waals surface area contributed by atoms with Gasteiger partial charge < -0.3 is 5.32 Å². The summed E-state index contributed by atoms with van der Waals surface area (Å²) in [5.74, 6) is -1.14. The summed E-state index contributed by atoms with van der Waals surface area (Å²) in [7, 11) is -2.60. The number of anilines is 1. The first-order valence-electron chi connectivity index (χ1n) is 7.74. The molecule has 0 radical (unpaired) electrons. The number of sulfonamides is 1. The van der Waals surface area contributed by atoms with Crippen LogP contribution in [-0.4, -0.2) is 38.0 Å². The third kappa shape index (κ3) is 4.53. The molecule has 0 fully saturated rings. The lowest BCUT2D eigenvalue weighted by atomic mass is 10.2. The lowest BCUT2D eigenvalue weighted by molar-refractivity contribution is -0.116. The lowest BCUT2D eigenvalue weighted by Crippen LogP contribution is -2.35. The van der Waals surface area contributed by atoms with Crippen LogP contribution in [0.3, 0.4) is 0 Å². The summed E-state index contributed by atoms with van der Waals surface area (Å²) in [6, 6.07) is 9.38. The van der Waals surface area contributed by atoms with E-state index in [1.54, 1.807) is 6.92 Å². The number of carbonyl (C=O) groups excluding carboxylic acids is 2. The molecule has 2 aromatic carbocycles. The third-order valence-electron chi connectivity index (χ3n) is 3.80. The van der Waals surface area contributed by atoms with Gasteiger partial charge in [-0.15, -0.1) is 0 Å². The Morgan fingerprint density at radius 1 is 1.12 bits per heavy atom. The molecule has 6 nitrogen and oxygen atoms in total. The van der Waals surface area contributed by atoms with Crippen molar-refractivity contribution in [2.24, 2.45) is 0 Å². The minimum absolute atomic E-state index is 0.0178. The van der Waals surface area contributed by atoms with Gasteiger partial charge in [0.15, 0.2) is 5.78 Å². The predicted octanol–water partition coefficient (Wildman–Crippen LogP) is 2.60. The van der Waals surface area contributed by atoms with E-state index in [0.717, 1.165) is 4.31 Å². The standard InChI is InChI=1S/C18H19FN2O4S/c1-12-10-15(19)6-9-17(12)20-18(23)11-21(3)26(24,25)16-7-4-14(5-8-16)13(2)22/h4-10H,11H2,1-3H3,(H,20,23). The number of Topliss-reactive ketones (excluding diaryl/α,β-unsaturated/α-hetero) is 1. The van der Waals surface area contributed by atoms with Gasteiger partial charge in [-0.3, -0.25) is 9.59 Å². The highest BCUT2D eigenvalue weighted by Crippen LogP contribution is 2.17. The van der Waals surface area contributed by atoms with Gasteiger partial charge in [0.1, 0.15) is 5.82 Å². The van der Waals surface area contributed by atoms with Crippen LogP contribution in [0.4, 0.5) is 10.1 Å². The number of hydrogen-bond donors (Lipinski definition) is 1. The monoisotopic (exact) mass is 378 g/mol. The molecule has 1 amide bonds. The SMILES string of the molecule is CC(=O)c1ccc(S(=O)(=O)N(C)CC(=O)Nc2ccc(F)cc2C)cc1. The van der Waals surface area contributed by atoms with E-state index in [1.807, 2.05) is 0 Å². The summed E-state index contributed by atoms with van der Waals surface area (Å²) in [6.07, 6.45) is 0. The first kappa shape index (κ1) is 19.7. The van der Waals surface area contributed by atoms with Crippen LogP contribution in [0.15, 0.2) is 47.4 Å². The summed E-state index contributed by atoms with van der Waals surface area (Å²) in [5.41, 5.74) is 1.34. The fraction of sp³-hybridized carbons (Fsp3) is 0.222. The number of benzene rings is 2. The van der Waals surface area contributed by atoms with Crippen molar-refractivity contribution in [2.45, 2.75) is 18.7 Å². The maximum absolute atomic E-state index is 13.1. The van der Waals surface area contributed by atoms with E-state index in [0.29, 0.717) is 16.8 Å². The lowest BCUT2D eigenvalue weighted by Gasteiger charge is -2.17. The molecule has 2 rings (SSSR count). The zero-order chi connectivity index (χ0) is 19.5. The van der Waals surface area contributed by atoms with Crippen LogP contribution in [-0.2, 0) is 14.8 Å². The highest BCUT2D eigenvalue weighted by atomic mass is 32.2. The van der Waals surface area contributed by atoms with Gasteiger partial charge >= 0.3 is 0 Å². The van der Waals surface area contributed by atoms with Crippen molar-refractivity contribution in [1.29, 1.82) is 0 Å². The Bertz CT molecular complexity index is 940. The van der Waals surface area contributed by atoms with Gasteiger partial charge in [-0.1, -0.05) is 12.1 Å². The van der Waals surface area contributed by atoms with Crippen molar-refractivity contribution < 1.29 is 22.4 Å². The van der Waals surface area contributed by atoms with Gasteiger partial charge in [-0.2, -0.15) is 4.31 Å². The molecule has 0 spiro atoms. The third-order valence-corrected chi connectivity index (χ3v) is 5.62. The molecule has 1 N–H and O–H groups in total. The molecule has 0 atom stereocenters. The minimum atomic E-state index is -3.88. The van der Waals surface area contributed by atoms with Gasteiger partial charge in [0.2, 0.25) is 15.9 Å². The number of rotatable bonds is 6. The van der Waals surface area contributed by atoms with Gasteiger partial charge in [-0.25, -0.2) is 12.8 Å². The number of halogens is 1. The summed E-state index contributed by atoms with van der Waals surface area (Å²) in [4.78, 5) is 23.4. The first-order chi connectivity index (χ1) is 12.1. The molecule has 0 unspecified atom stereocenters. The Balaban J connectivity index is 2.10. The summed E-state index contributed by atoms with van der Waals surface area (Å²) >= 11 is 0. The Hall–Kier alpha value is -2.58. The van der Waals surface area contributed by atoms with E-state index in [2.05, 4.69) is 5.32 Å². The fourth-order valence-electron chi connectivity index (χ4n) is 2.29. The van der Waals surface area contributed by atoms with Gasteiger partial charge in [0.05, 0.1) is 11.4 Å². The molecule has 0 aliphatic heterocycles. The van der Waals surface area contributed by atoms with Crippen molar-refractivity contribution in [1.82, 2.24) is 4.31 Å². The molecule has 0 saturated carbocycles. The first-order valence-corrected chi connectivity index (χ1v) is 9.18. The molecule has 8 heteroatoms. The number of hydrogen-bond acceptors (Lipinski definition) is 4. The summed E-state index contributed by atoms with van der Waals surface area (Å²) in [6.45, 7) is 2.61. The Morgan fingerprint density at radius 3 is 2.27 bits per heavy atom. The Morgan fingerprint density at radius 2 is 1.73 bits per heavy atom. The van der Waals surface area contributed by atoms with E-state index in [4.69, 9.17) is 0 Å². The van der Waals surface area contributed by atoms with Crippen molar-refractivity contribution >= 4 is 27.4 Å². The molecule has 0 bridgehead atoms. The van der Waals surface area contributed by atoms with Gasteiger partial charge in [0.25, 0.3) is 0 Å². The topological polar surface area (TPSA) is 83.6 Å². The Kier molecular flexibility index (Phi) is 5.89. The van der Waals surface area contributed by atoms with E-state index in [9.17, 15) is 22.4 Å². The smallest absolute Gasteiger partial charge is 0.243 e.